The molecule has 2 heterocycles. The summed E-state index contributed by atoms with van der Waals surface area (Å²) in [7, 11) is 0. The zero-order valence-electron chi connectivity index (χ0n) is 18.1. The Kier molecular flexibility index (Phi) is 5.19. The van der Waals surface area contributed by atoms with E-state index in [2.05, 4.69) is 5.32 Å². The molecule has 1 unspecified atom stereocenters. The number of hydrogen-bond acceptors (Lipinski definition) is 3. The minimum atomic E-state index is -0.475. The lowest BCUT2D eigenvalue weighted by molar-refractivity contribution is -0.124. The van der Waals surface area contributed by atoms with Gasteiger partial charge >= 0.3 is 0 Å². The molecule has 3 amide bonds. The van der Waals surface area contributed by atoms with Crippen molar-refractivity contribution >= 4 is 34.8 Å². The van der Waals surface area contributed by atoms with Gasteiger partial charge in [-0.3, -0.25) is 14.4 Å². The van der Waals surface area contributed by atoms with Gasteiger partial charge in [0, 0.05) is 42.5 Å². The Morgan fingerprint density at radius 1 is 1.09 bits per heavy atom. The Balaban J connectivity index is 1.28. The van der Waals surface area contributed by atoms with E-state index in [0.29, 0.717) is 24.3 Å². The highest BCUT2D eigenvalue weighted by Crippen LogP contribution is 2.37. The maximum atomic E-state index is 13.3. The van der Waals surface area contributed by atoms with Crippen LogP contribution >= 0.6 is 0 Å². The summed E-state index contributed by atoms with van der Waals surface area (Å²) >= 11 is 0. The van der Waals surface area contributed by atoms with Crippen LogP contribution in [0.3, 0.4) is 0 Å². The lowest BCUT2D eigenvalue weighted by Gasteiger charge is -2.29. The van der Waals surface area contributed by atoms with E-state index in [1.807, 2.05) is 23.1 Å². The van der Waals surface area contributed by atoms with Crippen molar-refractivity contribution in [3.63, 3.8) is 0 Å². The average Bonchev–Trinajstić information content (AvgIpc) is 3.31. The molecule has 1 aliphatic carbocycles. The van der Waals surface area contributed by atoms with Gasteiger partial charge < -0.3 is 15.1 Å². The van der Waals surface area contributed by atoms with Gasteiger partial charge in [-0.15, -0.1) is 0 Å². The molecule has 166 valence electrons. The second-order valence-electron chi connectivity index (χ2n) is 9.03. The second-order valence-corrected chi connectivity index (χ2v) is 9.03. The first-order valence-electron chi connectivity index (χ1n) is 11.2. The summed E-state index contributed by atoms with van der Waals surface area (Å²) in [4.78, 5) is 41.7. The fourth-order valence-electron chi connectivity index (χ4n) is 4.80. The SMILES string of the molecule is Cc1cc(F)ccc1NC(=O)C1CC(=O)N(c2ccc3c(c2)CCN3C(=O)C2CCC2)C1. The maximum absolute atomic E-state index is 13.3. The predicted octanol–water partition coefficient (Wildman–Crippen LogP) is 3.81. The predicted molar refractivity (Wildman–Crippen MR) is 120 cm³/mol. The zero-order chi connectivity index (χ0) is 22.4. The summed E-state index contributed by atoms with van der Waals surface area (Å²) < 4.78 is 13.3. The highest BCUT2D eigenvalue weighted by atomic mass is 19.1. The lowest BCUT2D eigenvalue weighted by atomic mass is 9.84. The number of fused-ring (bicyclic) bond motifs is 1. The highest BCUT2D eigenvalue weighted by Gasteiger charge is 2.37. The number of benzene rings is 2. The monoisotopic (exact) mass is 435 g/mol. The molecule has 1 saturated heterocycles. The number of carbonyl (C=O) groups excluding carboxylic acids is 3. The molecule has 5 rings (SSSR count). The summed E-state index contributed by atoms with van der Waals surface area (Å²) in [5.74, 6) is -0.794. The largest absolute Gasteiger partial charge is 0.326 e. The van der Waals surface area contributed by atoms with Gasteiger partial charge in [-0.05, 0) is 73.7 Å². The fourth-order valence-corrected chi connectivity index (χ4v) is 4.80. The zero-order valence-corrected chi connectivity index (χ0v) is 18.1. The number of aryl methyl sites for hydroxylation is 1. The average molecular weight is 435 g/mol. The minimum Gasteiger partial charge on any atom is -0.326 e. The third kappa shape index (κ3) is 3.66. The van der Waals surface area contributed by atoms with Crippen LogP contribution in [0.2, 0.25) is 0 Å². The Labute approximate surface area is 186 Å². The van der Waals surface area contributed by atoms with Crippen molar-refractivity contribution < 1.29 is 18.8 Å². The molecule has 1 atom stereocenters. The molecular formula is C25H26FN3O3. The van der Waals surface area contributed by atoms with Gasteiger partial charge in [0.2, 0.25) is 17.7 Å². The number of carbonyl (C=O) groups is 3. The maximum Gasteiger partial charge on any atom is 0.230 e. The molecule has 0 radical (unpaired) electrons. The van der Waals surface area contributed by atoms with Gasteiger partial charge in [0.1, 0.15) is 5.82 Å². The number of hydrogen-bond donors (Lipinski definition) is 1. The van der Waals surface area contributed by atoms with Crippen molar-refractivity contribution in [1.29, 1.82) is 0 Å². The van der Waals surface area contributed by atoms with Gasteiger partial charge in [-0.2, -0.15) is 0 Å². The Bertz CT molecular complexity index is 1110. The Morgan fingerprint density at radius 3 is 2.62 bits per heavy atom. The number of rotatable bonds is 4. The molecule has 32 heavy (non-hydrogen) atoms. The van der Waals surface area contributed by atoms with E-state index in [1.165, 1.54) is 18.2 Å². The fraction of sp³-hybridized carbons (Fsp3) is 0.400. The summed E-state index contributed by atoms with van der Waals surface area (Å²) in [5.41, 5.74) is 3.96. The smallest absolute Gasteiger partial charge is 0.230 e. The first-order chi connectivity index (χ1) is 15.4. The van der Waals surface area contributed by atoms with Gasteiger partial charge in [0.05, 0.1) is 5.92 Å². The number of amides is 3. The third-order valence-electron chi connectivity index (χ3n) is 6.93. The van der Waals surface area contributed by atoms with Crippen LogP contribution in [0.5, 0.6) is 0 Å². The van der Waals surface area contributed by atoms with Crippen LogP contribution in [0.1, 0.15) is 36.8 Å². The molecule has 7 heteroatoms. The first-order valence-corrected chi connectivity index (χ1v) is 11.2. The summed E-state index contributed by atoms with van der Waals surface area (Å²) in [6.45, 7) is 2.72. The van der Waals surface area contributed by atoms with E-state index >= 15 is 0 Å². The van der Waals surface area contributed by atoms with Crippen molar-refractivity contribution in [3.05, 3.63) is 53.3 Å². The standard InChI is InChI=1S/C25H26FN3O3/c1-15-11-19(26)5-7-21(15)27-24(31)18-13-23(30)29(14-18)20-6-8-22-17(12-20)9-10-28(22)25(32)16-3-2-4-16/h5-8,11-12,16,18H,2-4,9-10,13-14H2,1H3,(H,27,31). The summed E-state index contributed by atoms with van der Waals surface area (Å²) in [6.07, 6.45) is 3.99. The molecule has 0 bridgehead atoms. The van der Waals surface area contributed by atoms with E-state index in [0.717, 1.165) is 42.6 Å². The van der Waals surface area contributed by atoms with Gasteiger partial charge in [0.25, 0.3) is 0 Å². The molecule has 3 aliphatic rings. The Morgan fingerprint density at radius 2 is 1.91 bits per heavy atom. The van der Waals surface area contributed by atoms with Crippen LogP contribution in [-0.4, -0.2) is 30.8 Å². The van der Waals surface area contributed by atoms with Crippen molar-refractivity contribution in [2.45, 2.75) is 39.0 Å². The van der Waals surface area contributed by atoms with E-state index in [4.69, 9.17) is 0 Å². The molecule has 2 aromatic rings. The third-order valence-corrected chi connectivity index (χ3v) is 6.93. The van der Waals surface area contributed by atoms with E-state index in [9.17, 15) is 18.8 Å². The second kappa shape index (κ2) is 8.04. The van der Waals surface area contributed by atoms with Crippen LogP contribution in [-0.2, 0) is 20.8 Å². The van der Waals surface area contributed by atoms with Gasteiger partial charge in [0.15, 0.2) is 0 Å². The lowest BCUT2D eigenvalue weighted by Crippen LogP contribution is -2.37. The molecule has 0 aromatic heterocycles. The number of nitrogens with one attached hydrogen (secondary N) is 1. The van der Waals surface area contributed by atoms with Crippen LogP contribution < -0.4 is 15.1 Å². The molecule has 1 N–H and O–H groups in total. The molecule has 2 aromatic carbocycles. The molecular weight excluding hydrogens is 409 g/mol. The number of anilines is 3. The van der Waals surface area contributed by atoms with Crippen LogP contribution in [0, 0.1) is 24.6 Å². The molecule has 0 spiro atoms. The molecule has 1 saturated carbocycles. The van der Waals surface area contributed by atoms with Crippen molar-refractivity contribution in [2.24, 2.45) is 11.8 Å². The van der Waals surface area contributed by atoms with Crippen molar-refractivity contribution in [2.75, 3.05) is 28.2 Å². The highest BCUT2D eigenvalue weighted by molar-refractivity contribution is 6.04. The van der Waals surface area contributed by atoms with Gasteiger partial charge in [-0.25, -0.2) is 4.39 Å². The number of nitrogens with zero attached hydrogens (tertiary/aromatic N) is 2. The summed E-state index contributed by atoms with van der Waals surface area (Å²) in [5, 5.41) is 2.82. The van der Waals surface area contributed by atoms with Gasteiger partial charge in [-0.1, -0.05) is 6.42 Å². The van der Waals surface area contributed by atoms with E-state index in [1.54, 1.807) is 11.8 Å². The number of halogens is 1. The normalized spacial score (nSPS) is 20.3. The summed E-state index contributed by atoms with van der Waals surface area (Å²) in [6, 6.07) is 9.98. The van der Waals surface area contributed by atoms with Crippen LogP contribution in [0.25, 0.3) is 0 Å². The first kappa shape index (κ1) is 20.7. The topological polar surface area (TPSA) is 69.7 Å². The quantitative estimate of drug-likeness (QED) is 0.794. The van der Waals surface area contributed by atoms with E-state index < -0.39 is 5.92 Å². The Hall–Kier alpha value is -3.22. The van der Waals surface area contributed by atoms with Crippen LogP contribution in [0.15, 0.2) is 36.4 Å². The molecule has 6 nitrogen and oxygen atoms in total. The molecule has 2 aliphatic heterocycles. The van der Waals surface area contributed by atoms with Crippen LogP contribution in [0.4, 0.5) is 21.5 Å². The van der Waals surface area contributed by atoms with E-state index in [-0.39, 0.29) is 35.9 Å². The van der Waals surface area contributed by atoms with Crippen molar-refractivity contribution in [3.8, 4) is 0 Å². The minimum absolute atomic E-state index is 0.0960. The molecule has 2 fully saturated rings. The van der Waals surface area contributed by atoms with Crippen molar-refractivity contribution in [1.82, 2.24) is 0 Å².